The molecule has 3 saturated carbocycles. The van der Waals surface area contributed by atoms with Gasteiger partial charge in [0.2, 0.25) is 11.8 Å². The summed E-state index contributed by atoms with van der Waals surface area (Å²) in [6, 6.07) is 7.79. The molecule has 5 nitrogen and oxygen atoms in total. The summed E-state index contributed by atoms with van der Waals surface area (Å²) in [6.45, 7) is 4.70. The molecule has 1 heterocycles. The number of amides is 1. The second kappa shape index (κ2) is 7.82. The van der Waals surface area contributed by atoms with Crippen LogP contribution < -0.4 is 4.90 Å². The van der Waals surface area contributed by atoms with Gasteiger partial charge in [0.15, 0.2) is 5.82 Å². The molecule has 0 unspecified atom stereocenters. The topological polar surface area (TPSA) is 59.2 Å². The van der Waals surface area contributed by atoms with Gasteiger partial charge in [-0.1, -0.05) is 47.4 Å². The van der Waals surface area contributed by atoms with Crippen molar-refractivity contribution in [1.82, 2.24) is 10.1 Å². The Balaban J connectivity index is 1.33. The number of rotatable bonds is 9. The number of halogens is 2. The van der Waals surface area contributed by atoms with Crippen molar-refractivity contribution >= 4 is 27.5 Å². The highest BCUT2D eigenvalue weighted by molar-refractivity contribution is 9.10. The number of aromatic nitrogens is 2. The lowest BCUT2D eigenvalue weighted by atomic mass is 9.42. The van der Waals surface area contributed by atoms with Crippen molar-refractivity contribution in [3.05, 3.63) is 40.5 Å². The summed E-state index contributed by atoms with van der Waals surface area (Å²) in [7, 11) is 0. The van der Waals surface area contributed by atoms with E-state index in [1.807, 2.05) is 43.0 Å². The van der Waals surface area contributed by atoms with Crippen molar-refractivity contribution in [3.63, 3.8) is 0 Å². The lowest BCUT2D eigenvalue weighted by Gasteiger charge is -2.65. The van der Waals surface area contributed by atoms with Gasteiger partial charge in [-0.2, -0.15) is 4.98 Å². The van der Waals surface area contributed by atoms with E-state index in [9.17, 15) is 9.18 Å². The lowest BCUT2D eigenvalue weighted by Crippen LogP contribution is -2.70. The minimum absolute atomic E-state index is 0.0786. The number of anilines is 1. The monoisotopic (exact) mass is 463 g/mol. The smallest absolute Gasteiger partial charge is 0.233 e. The number of carbonyl (C=O) groups is 1. The molecule has 0 atom stereocenters. The fourth-order valence-corrected chi connectivity index (χ4v) is 4.89. The predicted octanol–water partition coefficient (Wildman–Crippen LogP) is 5.59. The molecule has 2 aromatic rings. The first-order valence-corrected chi connectivity index (χ1v) is 11.2. The average molecular weight is 464 g/mol. The molecule has 7 heteroatoms. The molecule has 0 saturated heterocycles. The molecule has 29 heavy (non-hydrogen) atoms. The second-order valence-electron chi connectivity index (χ2n) is 8.91. The maximum Gasteiger partial charge on any atom is 0.233 e. The minimum atomic E-state index is -1.07. The molecule has 1 aromatic carbocycles. The molecule has 0 aliphatic heterocycles. The molecule has 0 N–H and O–H groups in total. The van der Waals surface area contributed by atoms with Gasteiger partial charge in [0.1, 0.15) is 5.67 Å². The molecular formula is C22H27BrFN3O2. The normalized spacial score (nSPS) is 24.9. The van der Waals surface area contributed by atoms with Gasteiger partial charge < -0.3 is 9.42 Å². The zero-order valence-corrected chi connectivity index (χ0v) is 18.5. The van der Waals surface area contributed by atoms with E-state index in [0.717, 1.165) is 41.7 Å². The molecule has 0 spiro atoms. The third kappa shape index (κ3) is 4.11. The molecule has 3 aliphatic rings. The van der Waals surface area contributed by atoms with Crippen LogP contribution in [0.25, 0.3) is 0 Å². The van der Waals surface area contributed by atoms with E-state index in [1.54, 1.807) is 0 Å². The van der Waals surface area contributed by atoms with E-state index in [2.05, 4.69) is 26.1 Å². The van der Waals surface area contributed by atoms with Gasteiger partial charge in [0, 0.05) is 29.0 Å². The summed E-state index contributed by atoms with van der Waals surface area (Å²) in [5.41, 5.74) is -0.658. The van der Waals surface area contributed by atoms with E-state index in [0.29, 0.717) is 31.7 Å². The van der Waals surface area contributed by atoms with Crippen molar-refractivity contribution in [3.8, 4) is 0 Å². The Hall–Kier alpha value is -1.76. The lowest BCUT2D eigenvalue weighted by molar-refractivity contribution is -0.211. The molecule has 1 aromatic heterocycles. The average Bonchev–Trinajstić information content (AvgIpc) is 3.10. The predicted molar refractivity (Wildman–Crippen MR) is 113 cm³/mol. The molecule has 2 bridgehead atoms. The van der Waals surface area contributed by atoms with E-state index in [1.165, 1.54) is 0 Å². The van der Waals surface area contributed by atoms with Crippen molar-refractivity contribution < 1.29 is 13.7 Å². The van der Waals surface area contributed by atoms with Crippen molar-refractivity contribution in [2.45, 2.75) is 70.4 Å². The quantitative estimate of drug-likeness (QED) is 0.454. The Morgan fingerprint density at radius 3 is 2.66 bits per heavy atom. The summed E-state index contributed by atoms with van der Waals surface area (Å²) in [6.07, 6.45) is 4.72. The highest BCUT2D eigenvalue weighted by Crippen LogP contribution is 2.70. The number of carbonyl (C=O) groups excluding carboxylic acids is 1. The number of unbranched alkanes of at least 4 members (excludes halogenated alkanes) is 2. The van der Waals surface area contributed by atoms with E-state index in [4.69, 9.17) is 4.52 Å². The van der Waals surface area contributed by atoms with Crippen LogP contribution in [0.15, 0.2) is 33.3 Å². The van der Waals surface area contributed by atoms with Crippen LogP contribution in [0.5, 0.6) is 0 Å². The fourth-order valence-electron chi connectivity index (χ4n) is 4.50. The van der Waals surface area contributed by atoms with Crippen LogP contribution in [-0.2, 0) is 11.2 Å². The first-order chi connectivity index (χ1) is 13.8. The van der Waals surface area contributed by atoms with Gasteiger partial charge in [0.25, 0.3) is 0 Å². The van der Waals surface area contributed by atoms with Crippen LogP contribution in [0.2, 0.25) is 0 Å². The molecule has 3 fully saturated rings. The van der Waals surface area contributed by atoms with Crippen LogP contribution >= 0.6 is 15.9 Å². The van der Waals surface area contributed by atoms with Gasteiger partial charge in [-0.15, -0.1) is 0 Å². The van der Waals surface area contributed by atoms with E-state index >= 15 is 0 Å². The summed E-state index contributed by atoms with van der Waals surface area (Å²) in [4.78, 5) is 19.5. The van der Waals surface area contributed by atoms with Crippen LogP contribution in [0.3, 0.4) is 0 Å². The van der Waals surface area contributed by atoms with Crippen LogP contribution in [0, 0.1) is 5.41 Å². The van der Waals surface area contributed by atoms with Gasteiger partial charge in [-0.3, -0.25) is 4.79 Å². The number of alkyl halides is 1. The minimum Gasteiger partial charge on any atom is -0.339 e. The zero-order chi connectivity index (χ0) is 20.6. The molecule has 0 radical (unpaired) electrons. The van der Waals surface area contributed by atoms with Gasteiger partial charge in [0.05, 0.1) is 5.41 Å². The largest absolute Gasteiger partial charge is 0.339 e. The summed E-state index contributed by atoms with van der Waals surface area (Å²) in [5, 5.41) is 4.03. The Morgan fingerprint density at radius 2 is 2.03 bits per heavy atom. The summed E-state index contributed by atoms with van der Waals surface area (Å²) in [5.74, 6) is 1.74. The van der Waals surface area contributed by atoms with Crippen molar-refractivity contribution in [1.29, 1.82) is 0 Å². The second-order valence-corrected chi connectivity index (χ2v) is 9.83. The van der Waals surface area contributed by atoms with E-state index < -0.39 is 11.1 Å². The van der Waals surface area contributed by atoms with Crippen LogP contribution in [0.4, 0.5) is 10.1 Å². The Kier molecular flexibility index (Phi) is 5.53. The Morgan fingerprint density at radius 1 is 1.28 bits per heavy atom. The number of nitrogens with zero attached hydrogens (tertiary/aromatic N) is 3. The number of benzene rings is 1. The Bertz CT molecular complexity index is 878. The van der Waals surface area contributed by atoms with Gasteiger partial charge >= 0.3 is 0 Å². The first-order valence-electron chi connectivity index (χ1n) is 10.4. The Labute approximate surface area is 179 Å². The van der Waals surface area contributed by atoms with Crippen molar-refractivity contribution in [2.75, 3.05) is 11.4 Å². The molecule has 5 rings (SSSR count). The molecule has 3 aliphatic carbocycles. The highest BCUT2D eigenvalue weighted by Gasteiger charge is 2.73. The SMILES string of the molecule is CC(C)c1nc(CCCCCN(C(=O)C23CC(F)(C2)C3)c2cccc(Br)c2)no1. The van der Waals surface area contributed by atoms with Crippen molar-refractivity contribution in [2.24, 2.45) is 5.41 Å². The molecular weight excluding hydrogens is 437 g/mol. The standard InChI is InChI=1S/C22H27BrFN3O2/c1-15(2)19-25-18(26-29-19)9-4-3-5-10-27(17-8-6-7-16(23)11-17)20(28)21-12-22(24,13-21)14-21/h6-8,11,15H,3-5,9-10,12-14H2,1-2H3. The molecule has 1 amide bonds. The highest BCUT2D eigenvalue weighted by atomic mass is 79.9. The maximum atomic E-state index is 14.0. The number of hydrogen-bond donors (Lipinski definition) is 0. The number of aryl methyl sites for hydroxylation is 1. The third-order valence-corrected chi connectivity index (χ3v) is 6.54. The van der Waals surface area contributed by atoms with Crippen LogP contribution in [-0.4, -0.2) is 28.3 Å². The summed E-state index contributed by atoms with van der Waals surface area (Å²) < 4.78 is 20.2. The third-order valence-electron chi connectivity index (χ3n) is 6.04. The fraction of sp³-hybridized carbons (Fsp3) is 0.591. The molecule has 156 valence electrons. The first kappa shape index (κ1) is 20.5. The van der Waals surface area contributed by atoms with Gasteiger partial charge in [-0.25, -0.2) is 4.39 Å². The summed E-state index contributed by atoms with van der Waals surface area (Å²) >= 11 is 3.49. The van der Waals surface area contributed by atoms with E-state index in [-0.39, 0.29) is 11.8 Å². The maximum absolute atomic E-state index is 14.0. The zero-order valence-electron chi connectivity index (χ0n) is 17.0. The van der Waals surface area contributed by atoms with Gasteiger partial charge in [-0.05, 0) is 50.3 Å². The van der Waals surface area contributed by atoms with Crippen LogP contribution in [0.1, 0.15) is 70.0 Å². The number of hydrogen-bond acceptors (Lipinski definition) is 4.